The van der Waals surface area contributed by atoms with Gasteiger partial charge in [-0.15, -0.1) is 13.2 Å². The van der Waals surface area contributed by atoms with Crippen LogP contribution in [0.25, 0.3) is 0 Å². The van der Waals surface area contributed by atoms with Crippen LogP contribution >= 0.6 is 0 Å². The average molecular weight is 450 g/mol. The van der Waals surface area contributed by atoms with Gasteiger partial charge in [-0.05, 0) is 49.9 Å². The highest BCUT2D eigenvalue weighted by Crippen LogP contribution is 2.24. The van der Waals surface area contributed by atoms with Crippen molar-refractivity contribution >= 4 is 21.9 Å². The van der Waals surface area contributed by atoms with E-state index in [0.717, 1.165) is 31.4 Å². The molecule has 0 radical (unpaired) electrons. The Morgan fingerprint density at radius 2 is 1.63 bits per heavy atom. The summed E-state index contributed by atoms with van der Waals surface area (Å²) in [6.45, 7) is 1.64. The highest BCUT2D eigenvalue weighted by molar-refractivity contribution is 7.86. The standard InChI is InChI=1S/C18H25F3N4O4S/c19-18(20,21)29-16-8-6-14(7-9-16)22-17(26)23-15-5-4-12-25(13-15)30(27,28)24-10-2-1-3-11-24/h6-9,15H,1-5,10-13H2,(H2,22,23,26). The summed E-state index contributed by atoms with van der Waals surface area (Å²) in [5.74, 6) is -0.390. The molecule has 3 rings (SSSR count). The minimum absolute atomic E-state index is 0.185. The van der Waals surface area contributed by atoms with Gasteiger partial charge >= 0.3 is 12.4 Å². The fraction of sp³-hybridized carbons (Fsp3) is 0.611. The third kappa shape index (κ3) is 6.22. The molecule has 2 amide bonds. The number of benzene rings is 1. The molecule has 1 aromatic rings. The lowest BCUT2D eigenvalue weighted by Gasteiger charge is -2.36. The predicted octanol–water partition coefficient (Wildman–Crippen LogP) is 2.90. The number of alkyl halides is 3. The fourth-order valence-corrected chi connectivity index (χ4v) is 5.40. The molecular weight excluding hydrogens is 425 g/mol. The van der Waals surface area contributed by atoms with E-state index in [-0.39, 0.29) is 24.0 Å². The smallest absolute Gasteiger partial charge is 0.406 e. The number of anilines is 1. The number of hydrogen-bond donors (Lipinski definition) is 2. The van der Waals surface area contributed by atoms with Crippen LogP contribution in [0.4, 0.5) is 23.7 Å². The van der Waals surface area contributed by atoms with Crippen LogP contribution in [0.1, 0.15) is 32.1 Å². The van der Waals surface area contributed by atoms with Crippen molar-refractivity contribution < 1.29 is 31.1 Å². The Labute approximate surface area is 173 Å². The van der Waals surface area contributed by atoms with Crippen LogP contribution in [-0.2, 0) is 10.2 Å². The number of nitrogens with one attached hydrogen (secondary N) is 2. The second-order valence-electron chi connectivity index (χ2n) is 7.34. The quantitative estimate of drug-likeness (QED) is 0.722. The van der Waals surface area contributed by atoms with Gasteiger partial charge in [0.05, 0.1) is 0 Å². The van der Waals surface area contributed by atoms with Crippen LogP contribution in [0.2, 0.25) is 0 Å². The summed E-state index contributed by atoms with van der Waals surface area (Å²) in [4.78, 5) is 12.2. The number of amides is 2. The maximum Gasteiger partial charge on any atom is 0.573 e. The summed E-state index contributed by atoms with van der Waals surface area (Å²) < 4.78 is 68.9. The molecule has 1 aromatic carbocycles. The van der Waals surface area contributed by atoms with Crippen molar-refractivity contribution in [3.63, 3.8) is 0 Å². The van der Waals surface area contributed by atoms with E-state index in [2.05, 4.69) is 15.4 Å². The molecule has 8 nitrogen and oxygen atoms in total. The minimum Gasteiger partial charge on any atom is -0.406 e. The topological polar surface area (TPSA) is 91.0 Å². The molecule has 12 heteroatoms. The summed E-state index contributed by atoms with van der Waals surface area (Å²) >= 11 is 0. The Hall–Kier alpha value is -2.05. The number of ether oxygens (including phenoxy) is 1. The lowest BCUT2D eigenvalue weighted by atomic mass is 10.1. The first kappa shape index (κ1) is 22.6. The number of piperidine rings is 2. The zero-order chi connectivity index (χ0) is 21.8. The predicted molar refractivity (Wildman–Crippen MR) is 104 cm³/mol. The molecule has 2 fully saturated rings. The third-order valence-corrected chi connectivity index (χ3v) is 7.03. The Morgan fingerprint density at radius 1 is 1.00 bits per heavy atom. The molecule has 1 atom stereocenters. The molecule has 1 unspecified atom stereocenters. The molecule has 0 aliphatic carbocycles. The van der Waals surface area contributed by atoms with Crippen LogP contribution in [0.3, 0.4) is 0 Å². The normalized spacial score (nSPS) is 21.8. The highest BCUT2D eigenvalue weighted by Gasteiger charge is 2.34. The fourth-order valence-electron chi connectivity index (χ4n) is 3.62. The van der Waals surface area contributed by atoms with E-state index in [1.54, 1.807) is 0 Å². The zero-order valence-corrected chi connectivity index (χ0v) is 17.1. The summed E-state index contributed by atoms with van der Waals surface area (Å²) in [7, 11) is -3.54. The van der Waals surface area contributed by atoms with E-state index >= 15 is 0 Å². The maximum atomic E-state index is 12.8. The number of carbonyl (C=O) groups is 1. The Kier molecular flexibility index (Phi) is 7.09. The molecule has 2 N–H and O–H groups in total. The van der Waals surface area contributed by atoms with E-state index < -0.39 is 22.6 Å². The largest absolute Gasteiger partial charge is 0.573 e. The summed E-state index contributed by atoms with van der Waals surface area (Å²) in [6.07, 6.45) is -0.791. The number of rotatable bonds is 5. The van der Waals surface area contributed by atoms with E-state index in [9.17, 15) is 26.4 Å². The summed E-state index contributed by atoms with van der Waals surface area (Å²) in [5.41, 5.74) is 0.288. The molecular formula is C18H25F3N4O4S. The maximum absolute atomic E-state index is 12.8. The van der Waals surface area contributed by atoms with Gasteiger partial charge in [-0.1, -0.05) is 6.42 Å². The van der Waals surface area contributed by atoms with Crippen molar-refractivity contribution in [1.29, 1.82) is 0 Å². The first-order chi connectivity index (χ1) is 14.1. The SMILES string of the molecule is O=C(Nc1ccc(OC(F)(F)F)cc1)NC1CCCN(S(=O)(=O)N2CCCCC2)C1. The first-order valence-electron chi connectivity index (χ1n) is 9.82. The van der Waals surface area contributed by atoms with Gasteiger partial charge in [0.15, 0.2) is 0 Å². The van der Waals surface area contributed by atoms with Gasteiger partial charge in [-0.25, -0.2) is 4.79 Å². The van der Waals surface area contributed by atoms with Gasteiger partial charge in [0.25, 0.3) is 10.2 Å². The molecule has 2 aliphatic rings. The average Bonchev–Trinajstić information content (AvgIpc) is 2.69. The van der Waals surface area contributed by atoms with Gasteiger partial charge in [0, 0.05) is 37.9 Å². The first-order valence-corrected chi connectivity index (χ1v) is 11.2. The summed E-state index contributed by atoms with van der Waals surface area (Å²) in [5, 5.41) is 5.27. The second kappa shape index (κ2) is 9.40. The van der Waals surface area contributed by atoms with Gasteiger partial charge in [-0.3, -0.25) is 0 Å². The number of halogens is 3. The van der Waals surface area contributed by atoms with Crippen molar-refractivity contribution in [1.82, 2.24) is 13.9 Å². The van der Waals surface area contributed by atoms with Crippen LogP contribution in [0.15, 0.2) is 24.3 Å². The zero-order valence-electron chi connectivity index (χ0n) is 16.3. The van der Waals surface area contributed by atoms with E-state index in [4.69, 9.17) is 0 Å². The number of nitrogens with zero attached hydrogens (tertiary/aromatic N) is 2. The van der Waals surface area contributed by atoms with E-state index in [0.29, 0.717) is 32.5 Å². The molecule has 2 heterocycles. The Bertz CT molecular complexity index is 827. The molecule has 168 valence electrons. The highest BCUT2D eigenvalue weighted by atomic mass is 32.2. The van der Waals surface area contributed by atoms with Gasteiger partial charge in [0.2, 0.25) is 0 Å². The molecule has 0 saturated carbocycles. The molecule has 0 spiro atoms. The number of hydrogen-bond acceptors (Lipinski definition) is 4. The lowest BCUT2D eigenvalue weighted by molar-refractivity contribution is -0.274. The van der Waals surface area contributed by atoms with Crippen LogP contribution < -0.4 is 15.4 Å². The Balaban J connectivity index is 1.52. The van der Waals surface area contributed by atoms with E-state index in [1.165, 1.54) is 20.7 Å². The molecule has 30 heavy (non-hydrogen) atoms. The third-order valence-electron chi connectivity index (χ3n) is 5.03. The second-order valence-corrected chi connectivity index (χ2v) is 9.26. The van der Waals surface area contributed by atoms with Crippen molar-refractivity contribution in [2.24, 2.45) is 0 Å². The van der Waals surface area contributed by atoms with Gasteiger partial charge in [-0.2, -0.15) is 17.0 Å². The summed E-state index contributed by atoms with van der Waals surface area (Å²) in [6, 6.07) is 3.85. The Morgan fingerprint density at radius 3 is 2.27 bits per heavy atom. The molecule has 2 saturated heterocycles. The van der Waals surface area contributed by atoms with Crippen LogP contribution in [-0.4, -0.2) is 61.6 Å². The molecule has 0 aromatic heterocycles. The van der Waals surface area contributed by atoms with Gasteiger partial charge < -0.3 is 15.4 Å². The van der Waals surface area contributed by atoms with Crippen molar-refractivity contribution in [3.8, 4) is 5.75 Å². The molecule has 0 bridgehead atoms. The van der Waals surface area contributed by atoms with Crippen molar-refractivity contribution in [3.05, 3.63) is 24.3 Å². The van der Waals surface area contributed by atoms with Gasteiger partial charge in [0.1, 0.15) is 5.75 Å². The molecule has 2 aliphatic heterocycles. The minimum atomic E-state index is -4.78. The van der Waals surface area contributed by atoms with Crippen LogP contribution in [0, 0.1) is 0 Å². The lowest BCUT2D eigenvalue weighted by Crippen LogP contribution is -2.54. The number of urea groups is 1. The monoisotopic (exact) mass is 450 g/mol. The van der Waals surface area contributed by atoms with Crippen molar-refractivity contribution in [2.75, 3.05) is 31.5 Å². The van der Waals surface area contributed by atoms with Crippen molar-refractivity contribution in [2.45, 2.75) is 44.5 Å². The van der Waals surface area contributed by atoms with Crippen LogP contribution in [0.5, 0.6) is 5.75 Å². The van der Waals surface area contributed by atoms with E-state index in [1.807, 2.05) is 0 Å². The number of carbonyl (C=O) groups excluding carboxylic acids is 1.